The second kappa shape index (κ2) is 49.5. The molecule has 18 aromatic rings. The summed E-state index contributed by atoms with van der Waals surface area (Å²) in [4.78, 5) is 85.1. The number of benzene rings is 6. The van der Waals surface area contributed by atoms with E-state index >= 15 is 0 Å². The molecule has 0 radical (unpaired) electrons. The van der Waals surface area contributed by atoms with E-state index in [1.807, 2.05) is 232 Å². The molecule has 0 aliphatic carbocycles. The van der Waals surface area contributed by atoms with Crippen molar-refractivity contribution < 1.29 is 111 Å². The molecule has 700 valence electrons. The summed E-state index contributed by atoms with van der Waals surface area (Å²) in [6.07, 6.45) is 13.4. The van der Waals surface area contributed by atoms with E-state index in [0.717, 1.165) is 72.9 Å². The number of oxazole rings is 4. The van der Waals surface area contributed by atoms with Gasteiger partial charge in [0.15, 0.2) is 46.3 Å². The van der Waals surface area contributed by atoms with Crippen molar-refractivity contribution in [1.82, 2.24) is 104 Å². The van der Waals surface area contributed by atoms with E-state index in [1.165, 1.54) is 4.90 Å². The number of imide groups is 2. The molecule has 39 heteroatoms. The number of nitrogens with zero attached hydrogens (tertiary/aromatic N) is 22. The topological polar surface area (TPSA) is 510 Å². The SMILES string of the molecule is CCO.Cc1ccccc1-c1cnc(-c2cccc(-c3nncn3[C@H](C)CBr)n2)o1.Cc1ccccc1-c1cnc(-c2cccc(-c3nncn3[C@H](C)CN)n2)o1.Cc1ccccc1-c1cnc(-c2cccc(-c3nncn3[C@H](C)CN3C(=O)c4ccccc4C3=O)n2)o1.Cc1ccccc1-c1cnc(-c2cccc(-c3nncn3[C@H](C)CO)n2)o1.N=N.O.O=C1[N-]C(=O)c2ccccc21.[2H]CF.[HH].[K+]. The Morgan fingerprint density at radius 3 is 0.920 bits per heavy atom. The van der Waals surface area contributed by atoms with Crippen LogP contribution in [0.4, 0.5) is 4.39 Å². The Morgan fingerprint density at radius 1 is 0.406 bits per heavy atom. The van der Waals surface area contributed by atoms with Gasteiger partial charge >= 0.3 is 51.4 Å². The summed E-state index contributed by atoms with van der Waals surface area (Å²) >= 11 is 3.50. The van der Waals surface area contributed by atoms with Crippen molar-refractivity contribution in [3.05, 3.63) is 318 Å². The summed E-state index contributed by atoms with van der Waals surface area (Å²) in [6.45, 7) is 18.6. The molecule has 0 saturated carbocycles. The Kier molecular flexibility index (Phi) is 36.6. The van der Waals surface area contributed by atoms with Crippen LogP contribution in [0.2, 0.25) is 0 Å². The van der Waals surface area contributed by atoms with Gasteiger partial charge in [0, 0.05) is 71.9 Å². The number of rotatable bonds is 21. The quantitative estimate of drug-likeness (QED) is 0.0193. The van der Waals surface area contributed by atoms with E-state index in [9.17, 15) is 28.7 Å². The Labute approximate surface area is 845 Å². The summed E-state index contributed by atoms with van der Waals surface area (Å²) in [6, 6.07) is 67.8. The second-order valence-corrected chi connectivity index (χ2v) is 31.2. The molecule has 8 N–H and O–H groups in total. The molecule has 4 amide bonds. The van der Waals surface area contributed by atoms with Crippen molar-refractivity contribution in [2.24, 2.45) is 5.73 Å². The molecule has 12 aromatic heterocycles. The van der Waals surface area contributed by atoms with E-state index in [0.29, 0.717) is 121 Å². The summed E-state index contributed by atoms with van der Waals surface area (Å²) < 4.78 is 47.0. The number of nitrogens with one attached hydrogen (secondary N) is 2. The van der Waals surface area contributed by atoms with Gasteiger partial charge in [0.2, 0.25) is 23.6 Å². The Hall–Kier alpha value is -14.9. The van der Waals surface area contributed by atoms with Gasteiger partial charge in [0.1, 0.15) is 70.9 Å². The van der Waals surface area contributed by atoms with Crippen LogP contribution in [-0.2, 0) is 0 Å². The van der Waals surface area contributed by atoms with E-state index in [4.69, 9.17) is 50.9 Å². The summed E-state index contributed by atoms with van der Waals surface area (Å²) in [5.74, 6) is 5.63. The van der Waals surface area contributed by atoms with Crippen LogP contribution in [0.15, 0.2) is 286 Å². The largest absolute Gasteiger partial charge is 1.00 e. The second-order valence-electron chi connectivity index (χ2n) is 30.6. The number of hydrogen-bond acceptors (Lipinski definition) is 29. The predicted octanol–water partition coefficient (Wildman–Crippen LogP) is 15.7. The first-order chi connectivity index (χ1) is 66.6. The van der Waals surface area contributed by atoms with Gasteiger partial charge in [-0.15, -0.1) is 40.8 Å². The van der Waals surface area contributed by atoms with Gasteiger partial charge in [0.25, 0.3) is 11.8 Å². The fourth-order valence-electron chi connectivity index (χ4n) is 14.3. The number of hydrogen-bond donors (Lipinski definition) is 5. The molecule has 138 heavy (non-hydrogen) atoms. The van der Waals surface area contributed by atoms with E-state index in [1.54, 1.807) is 110 Å². The first kappa shape index (κ1) is 102. The molecular formula is C99H98BrFKN25O11. The number of alkyl halides is 2. The Balaban J connectivity index is 0.000000181. The average molecular weight is 1950 g/mol. The number of pyridine rings is 4. The number of nitrogens with two attached hydrogens (primary N) is 1. The van der Waals surface area contributed by atoms with Crippen molar-refractivity contribution in [1.29, 1.82) is 11.1 Å². The van der Waals surface area contributed by atoms with Crippen LogP contribution in [0.3, 0.4) is 0 Å². The smallest absolute Gasteiger partial charge is 0.587 e. The number of fused-ring (bicyclic) bond motifs is 2. The molecule has 0 saturated heterocycles. The zero-order valence-corrected chi connectivity index (χ0v) is 81.5. The van der Waals surface area contributed by atoms with Crippen LogP contribution < -0.4 is 57.1 Å². The average Bonchev–Trinajstić information content (AvgIpc) is 1.62. The molecular weight excluding hydrogens is 1850 g/mol. The third-order valence-electron chi connectivity index (χ3n) is 21.4. The number of amides is 4. The van der Waals surface area contributed by atoms with Gasteiger partial charge in [-0.25, -0.2) is 50.9 Å². The van der Waals surface area contributed by atoms with Gasteiger partial charge in [-0.05, 0) is 145 Å². The number of aromatic nitrogens is 20. The zero-order chi connectivity index (χ0) is 97.2. The number of aliphatic hydroxyl groups excluding tert-OH is 2. The predicted molar refractivity (Wildman–Crippen MR) is 516 cm³/mol. The Bertz CT molecular complexity index is 6690. The minimum atomic E-state index is -1.00. The maximum Gasteiger partial charge on any atom is 1.00 e. The monoisotopic (exact) mass is 1950 g/mol. The first-order valence-corrected chi connectivity index (χ1v) is 43.8. The summed E-state index contributed by atoms with van der Waals surface area (Å²) in [5, 5.41) is 54.0. The van der Waals surface area contributed by atoms with Gasteiger partial charge in [0.05, 0.1) is 74.9 Å². The van der Waals surface area contributed by atoms with E-state index < -0.39 is 19.0 Å². The molecule has 0 bridgehead atoms. The number of halogens is 2. The molecule has 2 aliphatic heterocycles. The molecule has 20 rings (SSSR count). The van der Waals surface area contributed by atoms with E-state index in [-0.39, 0.29) is 114 Å². The van der Waals surface area contributed by atoms with Crippen LogP contribution in [-0.4, -0.2) is 182 Å². The van der Waals surface area contributed by atoms with Crippen molar-refractivity contribution in [2.75, 3.05) is 38.8 Å². The molecule has 36 nitrogen and oxygen atoms in total. The molecule has 4 atom stereocenters. The van der Waals surface area contributed by atoms with Crippen LogP contribution in [0, 0.1) is 38.8 Å². The van der Waals surface area contributed by atoms with Gasteiger partial charge in [-0.3, -0.25) is 18.9 Å². The fraction of sp³-hybridized carbons (Fsp3) is 0.192. The van der Waals surface area contributed by atoms with Crippen LogP contribution in [0.25, 0.3) is 143 Å². The van der Waals surface area contributed by atoms with Gasteiger partial charge < -0.3 is 72.3 Å². The third kappa shape index (κ3) is 24.1. The fourth-order valence-corrected chi connectivity index (χ4v) is 14.6. The van der Waals surface area contributed by atoms with Crippen molar-refractivity contribution in [3.63, 3.8) is 0 Å². The van der Waals surface area contributed by atoms with E-state index in [2.05, 4.69) is 98.9 Å². The van der Waals surface area contributed by atoms with Crippen molar-refractivity contribution in [2.45, 2.75) is 86.5 Å². The number of aliphatic hydroxyl groups is 2. The molecule has 0 fully saturated rings. The summed E-state index contributed by atoms with van der Waals surface area (Å²) in [5.41, 5.74) is 31.1. The standard InChI is InChI=1S/C28H22N6O3.C20H18BrN5O.C20H20N6O.C20H19N5O2.C8H5NO2.C2H6O.CH3F.K.H2N2.H2O.H2/c1-17-8-3-4-9-19(17)24-14-29-26(37-24)23-13-7-12-22(31-23)25-32-30-16-34(25)18(2)15-33-27(35)20-10-5-6-11-21(20)28(33)36;2*1-13-6-3-4-7-15(13)18-11-22-20(27-18)17-9-5-8-16(24-17)19-25-23-12-26(19)14(2)10-21;1-13-6-3-4-7-15(13)18-10-21-20(27-18)17-9-5-8-16(23-17)19-24-22-12-25(19)14(2)11-26;10-7-5-3-1-2-4-6(5)8(11)9-7;1-2-3;1-2;;1-2;;/h3-14,16,18H,15H2,1-2H3;3-9,11-12,14H,10H2,1-2H3;3-9,11-12,14H,10,21H2,1-2H3;3-10,12,14,26H,11H2,1-2H3;1-4H,(H,9,10,11);3H,2H2,1H3;1H3;;1-2H;1H2;1H/q;;;;;;;+1;;;/p-1/t18-;3*14-;;;;;;;/m1111......./s1/i;;;;;;1D;;;;. The molecule has 2 aliphatic rings. The minimum Gasteiger partial charge on any atom is -0.587 e. The number of carbonyl (C=O) groups is 4. The summed E-state index contributed by atoms with van der Waals surface area (Å²) in [7, 11) is -1.00. The van der Waals surface area contributed by atoms with Crippen molar-refractivity contribution >= 4 is 39.6 Å². The maximum atomic E-state index is 12.8. The first-order valence-electron chi connectivity index (χ1n) is 43.3. The molecule has 14 heterocycles. The number of aryl methyl sites for hydroxylation is 4. The van der Waals surface area contributed by atoms with Crippen LogP contribution >= 0.6 is 15.9 Å². The maximum absolute atomic E-state index is 12.8. The minimum absolute atomic E-state index is 0. The molecule has 0 spiro atoms. The zero-order valence-electron chi connectivity index (χ0n) is 77.8. The molecule has 6 aromatic carbocycles. The van der Waals surface area contributed by atoms with Crippen LogP contribution in [0.5, 0.6) is 0 Å². The van der Waals surface area contributed by atoms with Crippen LogP contribution in [0.1, 0.15) is 125 Å². The normalized spacial score (nSPS) is 12.3. The molecule has 0 unspecified atom stereocenters. The Morgan fingerprint density at radius 2 is 0.652 bits per heavy atom. The van der Waals surface area contributed by atoms with Gasteiger partial charge in [-0.2, -0.15) is 0 Å². The third-order valence-corrected chi connectivity index (χ3v) is 22.3. The van der Waals surface area contributed by atoms with Gasteiger partial charge in [-0.1, -0.05) is 174 Å². The van der Waals surface area contributed by atoms with Crippen molar-refractivity contribution in [3.8, 4) is 138 Å². The number of carbonyl (C=O) groups excluding carboxylic acids is 4.